The number of fused-ring (bicyclic) bond motifs is 1. The van der Waals surface area contributed by atoms with E-state index in [9.17, 15) is 5.11 Å². The van der Waals surface area contributed by atoms with Gasteiger partial charge in [0.2, 0.25) is 0 Å². The second-order valence-electron chi connectivity index (χ2n) is 5.00. The van der Waals surface area contributed by atoms with Crippen LogP contribution in [-0.4, -0.2) is 34.5 Å². The number of aliphatic hydroxyl groups is 1. The van der Waals surface area contributed by atoms with Crippen LogP contribution in [0.2, 0.25) is 0 Å². The summed E-state index contributed by atoms with van der Waals surface area (Å²) in [5.74, 6) is 1.10. The fourth-order valence-electron chi connectivity index (χ4n) is 2.54. The molecule has 1 aliphatic heterocycles. The maximum atomic E-state index is 9.58. The van der Waals surface area contributed by atoms with Crippen LogP contribution < -0.4 is 10.6 Å². The van der Waals surface area contributed by atoms with Gasteiger partial charge in [-0.05, 0) is 31.0 Å². The van der Waals surface area contributed by atoms with Crippen molar-refractivity contribution in [3.63, 3.8) is 0 Å². The molecule has 6 heteroatoms. The Kier molecular flexibility index (Phi) is 3.12. The zero-order chi connectivity index (χ0) is 14.1. The van der Waals surface area contributed by atoms with Gasteiger partial charge in [0.05, 0.1) is 17.7 Å². The fourth-order valence-corrected chi connectivity index (χ4v) is 2.54. The highest BCUT2D eigenvalue weighted by atomic mass is 16.3. The standard InChI is InChI=1S/C14H15N5O/c15-8-9-1-2-11-12(7-9)13(16)17-18-14(11)19-5-3-10(20)4-6-19/h1-2,7,10,20H,3-6H2,(H2,16,17). The third-order valence-corrected chi connectivity index (χ3v) is 3.68. The van der Waals surface area contributed by atoms with E-state index in [2.05, 4.69) is 21.2 Å². The summed E-state index contributed by atoms with van der Waals surface area (Å²) < 4.78 is 0. The average molecular weight is 269 g/mol. The minimum atomic E-state index is -0.232. The molecular weight excluding hydrogens is 254 g/mol. The Morgan fingerprint density at radius 1 is 1.25 bits per heavy atom. The summed E-state index contributed by atoms with van der Waals surface area (Å²) in [6.07, 6.45) is 1.22. The molecule has 2 heterocycles. The number of piperidine rings is 1. The van der Waals surface area contributed by atoms with Crippen molar-refractivity contribution in [2.75, 3.05) is 23.7 Å². The lowest BCUT2D eigenvalue weighted by Gasteiger charge is -2.30. The van der Waals surface area contributed by atoms with Crippen molar-refractivity contribution in [2.24, 2.45) is 0 Å². The third-order valence-electron chi connectivity index (χ3n) is 3.68. The van der Waals surface area contributed by atoms with E-state index >= 15 is 0 Å². The summed E-state index contributed by atoms with van der Waals surface area (Å²) in [6.45, 7) is 1.49. The van der Waals surface area contributed by atoms with Crippen molar-refractivity contribution >= 4 is 22.4 Å². The molecule has 0 saturated carbocycles. The van der Waals surface area contributed by atoms with Gasteiger partial charge in [0.15, 0.2) is 11.6 Å². The summed E-state index contributed by atoms with van der Waals surface area (Å²) in [5, 5.41) is 28.4. The van der Waals surface area contributed by atoms with Gasteiger partial charge in [-0.15, -0.1) is 10.2 Å². The van der Waals surface area contributed by atoms with Crippen molar-refractivity contribution in [3.8, 4) is 6.07 Å². The molecule has 0 unspecified atom stereocenters. The summed E-state index contributed by atoms with van der Waals surface area (Å²) in [5.41, 5.74) is 6.41. The smallest absolute Gasteiger partial charge is 0.159 e. The van der Waals surface area contributed by atoms with Crippen LogP contribution in [0.1, 0.15) is 18.4 Å². The van der Waals surface area contributed by atoms with Gasteiger partial charge < -0.3 is 15.7 Å². The van der Waals surface area contributed by atoms with E-state index in [0.29, 0.717) is 11.4 Å². The minimum absolute atomic E-state index is 0.232. The largest absolute Gasteiger partial charge is 0.393 e. The number of hydrogen-bond donors (Lipinski definition) is 2. The molecule has 102 valence electrons. The monoisotopic (exact) mass is 269 g/mol. The van der Waals surface area contributed by atoms with E-state index in [1.165, 1.54) is 0 Å². The van der Waals surface area contributed by atoms with Gasteiger partial charge in [-0.3, -0.25) is 0 Å². The number of rotatable bonds is 1. The number of benzene rings is 1. The Bertz CT molecular complexity index is 686. The summed E-state index contributed by atoms with van der Waals surface area (Å²) in [7, 11) is 0. The molecular formula is C14H15N5O. The summed E-state index contributed by atoms with van der Waals surface area (Å²) >= 11 is 0. The molecule has 1 saturated heterocycles. The van der Waals surface area contributed by atoms with Gasteiger partial charge in [0.25, 0.3) is 0 Å². The second kappa shape index (κ2) is 4.94. The molecule has 0 radical (unpaired) electrons. The Balaban J connectivity index is 2.08. The molecule has 0 amide bonds. The van der Waals surface area contributed by atoms with Crippen LogP contribution >= 0.6 is 0 Å². The predicted octanol–water partition coefficient (Wildman–Crippen LogP) is 1.04. The molecule has 20 heavy (non-hydrogen) atoms. The maximum Gasteiger partial charge on any atom is 0.159 e. The highest BCUT2D eigenvalue weighted by Gasteiger charge is 2.21. The first-order valence-corrected chi connectivity index (χ1v) is 6.58. The molecule has 1 aromatic heterocycles. The van der Waals surface area contributed by atoms with Crippen LogP contribution in [0.15, 0.2) is 18.2 Å². The van der Waals surface area contributed by atoms with Crippen LogP contribution in [0.3, 0.4) is 0 Å². The van der Waals surface area contributed by atoms with Gasteiger partial charge in [-0.2, -0.15) is 5.26 Å². The van der Waals surface area contributed by atoms with Gasteiger partial charge in [0, 0.05) is 23.9 Å². The first-order valence-electron chi connectivity index (χ1n) is 6.58. The van der Waals surface area contributed by atoms with Crippen molar-refractivity contribution in [3.05, 3.63) is 23.8 Å². The molecule has 6 nitrogen and oxygen atoms in total. The van der Waals surface area contributed by atoms with Gasteiger partial charge in [-0.25, -0.2) is 0 Å². The van der Waals surface area contributed by atoms with Gasteiger partial charge in [-0.1, -0.05) is 0 Å². The second-order valence-corrected chi connectivity index (χ2v) is 5.00. The van der Waals surface area contributed by atoms with E-state index in [0.717, 1.165) is 42.5 Å². The summed E-state index contributed by atoms with van der Waals surface area (Å²) in [6, 6.07) is 7.45. The number of aliphatic hydroxyl groups excluding tert-OH is 1. The topological polar surface area (TPSA) is 99.1 Å². The lowest BCUT2D eigenvalue weighted by Crippen LogP contribution is -2.36. The van der Waals surface area contributed by atoms with Crippen LogP contribution in [0.4, 0.5) is 11.6 Å². The highest BCUT2D eigenvalue weighted by molar-refractivity contribution is 5.98. The molecule has 0 aliphatic carbocycles. The van der Waals surface area contributed by atoms with Gasteiger partial charge in [0.1, 0.15) is 0 Å². The van der Waals surface area contributed by atoms with Crippen molar-refractivity contribution in [1.82, 2.24) is 10.2 Å². The SMILES string of the molecule is N#Cc1ccc2c(N3CCC(O)CC3)nnc(N)c2c1. The Labute approximate surface area is 116 Å². The first-order chi connectivity index (χ1) is 9.69. The van der Waals surface area contributed by atoms with E-state index in [4.69, 9.17) is 11.0 Å². The van der Waals surface area contributed by atoms with Crippen molar-refractivity contribution in [1.29, 1.82) is 5.26 Å². The number of nitrogens with zero attached hydrogens (tertiary/aromatic N) is 4. The third kappa shape index (κ3) is 2.12. The molecule has 1 fully saturated rings. The van der Waals surface area contributed by atoms with Gasteiger partial charge >= 0.3 is 0 Å². The number of nitrogen functional groups attached to an aromatic ring is 1. The van der Waals surface area contributed by atoms with Crippen molar-refractivity contribution in [2.45, 2.75) is 18.9 Å². The van der Waals surface area contributed by atoms with Crippen LogP contribution in [0.25, 0.3) is 10.8 Å². The highest BCUT2D eigenvalue weighted by Crippen LogP contribution is 2.29. The summed E-state index contributed by atoms with van der Waals surface area (Å²) in [4.78, 5) is 2.10. The van der Waals surface area contributed by atoms with E-state index < -0.39 is 0 Å². The van der Waals surface area contributed by atoms with E-state index in [1.54, 1.807) is 12.1 Å². The Morgan fingerprint density at radius 3 is 2.70 bits per heavy atom. The van der Waals surface area contributed by atoms with Crippen LogP contribution in [0, 0.1) is 11.3 Å². The fraction of sp³-hybridized carbons (Fsp3) is 0.357. The Hall–Kier alpha value is -2.39. The predicted molar refractivity (Wildman–Crippen MR) is 76.1 cm³/mol. The Morgan fingerprint density at radius 2 is 2.00 bits per heavy atom. The molecule has 0 atom stereocenters. The molecule has 1 aliphatic rings. The molecule has 0 spiro atoms. The minimum Gasteiger partial charge on any atom is -0.393 e. The zero-order valence-electron chi connectivity index (χ0n) is 11.0. The van der Waals surface area contributed by atoms with Crippen LogP contribution in [-0.2, 0) is 0 Å². The number of hydrogen-bond acceptors (Lipinski definition) is 6. The lowest BCUT2D eigenvalue weighted by molar-refractivity contribution is 0.145. The number of nitrogens with two attached hydrogens (primary N) is 1. The number of anilines is 2. The zero-order valence-corrected chi connectivity index (χ0v) is 11.0. The number of aromatic nitrogens is 2. The number of nitriles is 1. The average Bonchev–Trinajstić information content (AvgIpc) is 2.49. The first kappa shape index (κ1) is 12.6. The molecule has 3 rings (SSSR count). The molecule has 1 aromatic carbocycles. The maximum absolute atomic E-state index is 9.58. The lowest BCUT2D eigenvalue weighted by atomic mass is 10.1. The molecule has 2 aromatic rings. The molecule has 0 bridgehead atoms. The quantitative estimate of drug-likeness (QED) is 0.802. The van der Waals surface area contributed by atoms with Crippen molar-refractivity contribution < 1.29 is 5.11 Å². The van der Waals surface area contributed by atoms with E-state index in [1.807, 2.05) is 6.07 Å². The molecule has 3 N–H and O–H groups in total. The van der Waals surface area contributed by atoms with E-state index in [-0.39, 0.29) is 6.10 Å². The van der Waals surface area contributed by atoms with Crippen LogP contribution in [0.5, 0.6) is 0 Å². The normalized spacial score (nSPS) is 16.3.